The Labute approximate surface area is 108 Å². The molecule has 96 valence electrons. The van der Waals surface area contributed by atoms with Gasteiger partial charge in [0.15, 0.2) is 0 Å². The Kier molecular flexibility index (Phi) is 2.86. The van der Waals surface area contributed by atoms with E-state index in [2.05, 4.69) is 24.0 Å². The molecule has 3 nitrogen and oxygen atoms in total. The van der Waals surface area contributed by atoms with Crippen LogP contribution in [0.4, 0.5) is 0 Å². The highest BCUT2D eigenvalue weighted by Crippen LogP contribution is 2.40. The van der Waals surface area contributed by atoms with Gasteiger partial charge in [-0.2, -0.15) is 0 Å². The monoisotopic (exact) mass is 244 g/mol. The lowest BCUT2D eigenvalue weighted by atomic mass is 9.94. The zero-order valence-corrected chi connectivity index (χ0v) is 11.1. The van der Waals surface area contributed by atoms with Gasteiger partial charge < -0.3 is 4.90 Å². The van der Waals surface area contributed by atoms with Gasteiger partial charge in [0.05, 0.1) is 0 Å². The van der Waals surface area contributed by atoms with E-state index in [-0.39, 0.29) is 5.91 Å². The molecule has 2 aliphatic heterocycles. The van der Waals surface area contributed by atoms with Gasteiger partial charge in [-0.15, -0.1) is 0 Å². The molecular weight excluding hydrogens is 224 g/mol. The molecule has 0 N–H and O–H groups in total. The first-order valence-corrected chi connectivity index (χ1v) is 6.78. The molecule has 18 heavy (non-hydrogen) atoms. The van der Waals surface area contributed by atoms with Crippen molar-refractivity contribution in [3.8, 4) is 0 Å². The molecule has 2 atom stereocenters. The van der Waals surface area contributed by atoms with Crippen molar-refractivity contribution in [2.45, 2.75) is 19.4 Å². The third-order valence-corrected chi connectivity index (χ3v) is 4.37. The van der Waals surface area contributed by atoms with Crippen molar-refractivity contribution in [1.82, 2.24) is 9.80 Å². The van der Waals surface area contributed by atoms with Crippen LogP contribution in [0.2, 0.25) is 0 Å². The smallest absolute Gasteiger partial charge is 0.246 e. The Morgan fingerprint density at radius 3 is 2.89 bits per heavy atom. The van der Waals surface area contributed by atoms with Crippen molar-refractivity contribution in [1.29, 1.82) is 0 Å². The lowest BCUT2D eigenvalue weighted by Gasteiger charge is -2.24. The first-order chi connectivity index (χ1) is 8.69. The standard InChI is InChI=1S/C15H20N2O/c1-3-17-10-12-8-13(17)9-14(12)11-4-5-15(18)16(2)7-6-11/h4-6,9,12-13H,3,7-8,10H2,1-2H3. The van der Waals surface area contributed by atoms with Crippen molar-refractivity contribution < 1.29 is 4.79 Å². The van der Waals surface area contributed by atoms with Crippen molar-refractivity contribution in [2.75, 3.05) is 26.7 Å². The highest BCUT2D eigenvalue weighted by Gasteiger charge is 2.38. The topological polar surface area (TPSA) is 23.6 Å². The number of likely N-dealkylation sites (N-methyl/N-ethyl adjacent to an activating group) is 2. The van der Waals surface area contributed by atoms with Crippen LogP contribution >= 0.6 is 0 Å². The summed E-state index contributed by atoms with van der Waals surface area (Å²) in [6, 6.07) is 0.626. The Hall–Kier alpha value is -1.35. The number of nitrogens with zero attached hydrogens (tertiary/aromatic N) is 2. The molecule has 0 spiro atoms. The van der Waals surface area contributed by atoms with E-state index in [1.807, 2.05) is 13.1 Å². The van der Waals surface area contributed by atoms with Gasteiger partial charge in [0.1, 0.15) is 0 Å². The molecule has 2 bridgehead atoms. The molecule has 2 heterocycles. The highest BCUT2D eigenvalue weighted by atomic mass is 16.2. The van der Waals surface area contributed by atoms with Gasteiger partial charge in [0.2, 0.25) is 5.91 Å². The first kappa shape index (κ1) is 11.7. The lowest BCUT2D eigenvalue weighted by molar-refractivity contribution is -0.124. The number of allylic oxidation sites excluding steroid dienone is 2. The van der Waals surface area contributed by atoms with E-state index in [0.29, 0.717) is 18.5 Å². The van der Waals surface area contributed by atoms with Gasteiger partial charge in [-0.05, 0) is 36.1 Å². The van der Waals surface area contributed by atoms with E-state index in [1.165, 1.54) is 24.1 Å². The average molecular weight is 244 g/mol. The van der Waals surface area contributed by atoms with Crippen molar-refractivity contribution in [3.63, 3.8) is 0 Å². The predicted molar refractivity (Wildman–Crippen MR) is 72.1 cm³/mol. The summed E-state index contributed by atoms with van der Waals surface area (Å²) in [5, 5.41) is 0. The Morgan fingerprint density at radius 2 is 2.22 bits per heavy atom. The minimum absolute atomic E-state index is 0.0974. The van der Waals surface area contributed by atoms with Crippen LogP contribution in [0.5, 0.6) is 0 Å². The number of carbonyl (C=O) groups excluding carboxylic acids is 1. The molecule has 1 aliphatic carbocycles. The second kappa shape index (κ2) is 4.39. The maximum atomic E-state index is 11.6. The Balaban J connectivity index is 1.83. The third kappa shape index (κ3) is 1.83. The quantitative estimate of drug-likeness (QED) is 0.736. The maximum Gasteiger partial charge on any atom is 0.246 e. The second-order valence-corrected chi connectivity index (χ2v) is 5.42. The fraction of sp³-hybridized carbons (Fsp3) is 0.533. The SMILES string of the molecule is CCN1CC2CC1C=C2C1=CCN(C)C(=O)C=C1. The molecule has 0 aromatic heterocycles. The zero-order valence-electron chi connectivity index (χ0n) is 11.1. The molecule has 3 heteroatoms. The molecular formula is C15H20N2O. The van der Waals surface area contributed by atoms with Crippen LogP contribution in [0.3, 0.4) is 0 Å². The van der Waals surface area contributed by atoms with E-state index in [9.17, 15) is 4.79 Å². The number of fused-ring (bicyclic) bond motifs is 2. The third-order valence-electron chi connectivity index (χ3n) is 4.37. The van der Waals surface area contributed by atoms with E-state index >= 15 is 0 Å². The molecule has 0 aromatic carbocycles. The highest BCUT2D eigenvalue weighted by molar-refractivity contribution is 5.88. The van der Waals surface area contributed by atoms with E-state index in [1.54, 1.807) is 11.0 Å². The van der Waals surface area contributed by atoms with Gasteiger partial charge in [0.25, 0.3) is 0 Å². The van der Waals surface area contributed by atoms with Gasteiger partial charge in [0, 0.05) is 32.3 Å². The summed E-state index contributed by atoms with van der Waals surface area (Å²) in [6.07, 6.45) is 9.55. The lowest BCUT2D eigenvalue weighted by Crippen LogP contribution is -2.30. The molecule has 3 rings (SSSR count). The van der Waals surface area contributed by atoms with Crippen LogP contribution in [0.1, 0.15) is 13.3 Å². The van der Waals surface area contributed by atoms with Crippen LogP contribution in [0, 0.1) is 5.92 Å². The molecule has 1 saturated heterocycles. The fourth-order valence-electron chi connectivity index (χ4n) is 3.27. The molecule has 1 fully saturated rings. The second-order valence-electron chi connectivity index (χ2n) is 5.42. The van der Waals surface area contributed by atoms with E-state index in [0.717, 1.165) is 6.54 Å². The maximum absolute atomic E-state index is 11.6. The number of carbonyl (C=O) groups is 1. The van der Waals surface area contributed by atoms with Gasteiger partial charge in [-0.1, -0.05) is 19.1 Å². The van der Waals surface area contributed by atoms with Gasteiger partial charge in [-0.25, -0.2) is 0 Å². The first-order valence-electron chi connectivity index (χ1n) is 6.78. The van der Waals surface area contributed by atoms with Gasteiger partial charge in [-0.3, -0.25) is 9.69 Å². The number of likely N-dealkylation sites (tertiary alicyclic amines) is 1. The van der Waals surface area contributed by atoms with Crippen LogP contribution in [0.15, 0.2) is 35.5 Å². The summed E-state index contributed by atoms with van der Waals surface area (Å²) < 4.78 is 0. The molecule has 0 radical (unpaired) electrons. The molecule has 2 unspecified atom stereocenters. The summed E-state index contributed by atoms with van der Waals surface area (Å²) in [7, 11) is 1.85. The molecule has 3 aliphatic rings. The van der Waals surface area contributed by atoms with Gasteiger partial charge >= 0.3 is 0 Å². The molecule has 0 aromatic rings. The van der Waals surface area contributed by atoms with Crippen LogP contribution in [-0.4, -0.2) is 48.4 Å². The van der Waals surface area contributed by atoms with Crippen LogP contribution in [0.25, 0.3) is 0 Å². The Bertz CT molecular complexity index is 461. The average Bonchev–Trinajstić information content (AvgIpc) is 2.92. The number of amides is 1. The largest absolute Gasteiger partial charge is 0.338 e. The number of hydrogen-bond acceptors (Lipinski definition) is 2. The Morgan fingerprint density at radius 1 is 1.39 bits per heavy atom. The van der Waals surface area contributed by atoms with Crippen molar-refractivity contribution >= 4 is 5.91 Å². The summed E-state index contributed by atoms with van der Waals surface area (Å²) in [5.74, 6) is 0.768. The predicted octanol–water partition coefficient (Wildman–Crippen LogP) is 1.59. The number of rotatable bonds is 2. The summed E-state index contributed by atoms with van der Waals surface area (Å²) in [4.78, 5) is 15.9. The minimum atomic E-state index is 0.0974. The van der Waals surface area contributed by atoms with E-state index < -0.39 is 0 Å². The minimum Gasteiger partial charge on any atom is -0.338 e. The summed E-state index contributed by atoms with van der Waals surface area (Å²) in [5.41, 5.74) is 2.72. The fourth-order valence-corrected chi connectivity index (χ4v) is 3.27. The summed E-state index contributed by atoms with van der Waals surface area (Å²) in [6.45, 7) is 5.27. The molecule has 0 saturated carbocycles. The van der Waals surface area contributed by atoms with Crippen molar-refractivity contribution in [3.05, 3.63) is 35.5 Å². The zero-order chi connectivity index (χ0) is 12.7. The summed E-state index contributed by atoms with van der Waals surface area (Å²) >= 11 is 0. The van der Waals surface area contributed by atoms with Crippen LogP contribution in [-0.2, 0) is 4.79 Å². The van der Waals surface area contributed by atoms with E-state index in [4.69, 9.17) is 0 Å². The number of hydrogen-bond donors (Lipinski definition) is 0. The normalized spacial score (nSPS) is 31.7. The molecule has 1 amide bonds. The van der Waals surface area contributed by atoms with Crippen LogP contribution < -0.4 is 0 Å². The van der Waals surface area contributed by atoms with Crippen molar-refractivity contribution in [2.24, 2.45) is 5.92 Å².